The van der Waals surface area contributed by atoms with Crippen molar-refractivity contribution < 1.29 is 23.9 Å². The van der Waals surface area contributed by atoms with Crippen LogP contribution in [0.5, 0.6) is 0 Å². The molecule has 9 heteroatoms. The van der Waals surface area contributed by atoms with Gasteiger partial charge in [0.2, 0.25) is 5.91 Å². The predicted octanol–water partition coefficient (Wildman–Crippen LogP) is -0.484. The molecule has 0 aromatic carbocycles. The average Bonchev–Trinajstić information content (AvgIpc) is 2.68. The van der Waals surface area contributed by atoms with Crippen LogP contribution in [0.25, 0.3) is 0 Å². The van der Waals surface area contributed by atoms with Crippen LogP contribution in [0, 0.1) is 0 Å². The fourth-order valence-corrected chi connectivity index (χ4v) is 3.01. The fourth-order valence-electron chi connectivity index (χ4n) is 3.01. The predicted molar refractivity (Wildman–Crippen MR) is 94.7 cm³/mol. The Kier molecular flexibility index (Phi) is 8.63. The van der Waals surface area contributed by atoms with Gasteiger partial charge in [0.15, 0.2) is 0 Å². The van der Waals surface area contributed by atoms with E-state index in [-0.39, 0.29) is 17.9 Å². The molecule has 0 atom stereocenters. The van der Waals surface area contributed by atoms with Crippen molar-refractivity contribution in [1.82, 2.24) is 20.0 Å². The first-order valence-electron chi connectivity index (χ1n) is 9.27. The summed E-state index contributed by atoms with van der Waals surface area (Å²) in [6.45, 7) is 6.14. The first kappa shape index (κ1) is 20.4. The summed E-state index contributed by atoms with van der Waals surface area (Å²) in [5, 5.41) is 2.86. The Balaban J connectivity index is 1.58. The highest BCUT2D eigenvalue weighted by molar-refractivity contribution is 5.79. The number of urea groups is 1. The molecule has 2 heterocycles. The number of hydrogen-bond acceptors (Lipinski definition) is 6. The van der Waals surface area contributed by atoms with Gasteiger partial charge in [0.05, 0.1) is 26.9 Å². The van der Waals surface area contributed by atoms with Crippen LogP contribution in [0.2, 0.25) is 0 Å². The van der Waals surface area contributed by atoms with Crippen molar-refractivity contribution in [3.8, 4) is 0 Å². The largest absolute Gasteiger partial charge is 0.469 e. The molecule has 0 bridgehead atoms. The molecule has 9 nitrogen and oxygen atoms in total. The molecule has 148 valence electrons. The summed E-state index contributed by atoms with van der Waals surface area (Å²) in [6.07, 6.45) is 1.80. The second-order valence-electron chi connectivity index (χ2n) is 6.52. The van der Waals surface area contributed by atoms with Gasteiger partial charge in [0.25, 0.3) is 0 Å². The maximum atomic E-state index is 12.4. The third-order valence-electron chi connectivity index (χ3n) is 4.69. The highest BCUT2D eigenvalue weighted by Gasteiger charge is 2.25. The third kappa shape index (κ3) is 6.80. The van der Waals surface area contributed by atoms with Gasteiger partial charge in [-0.05, 0) is 12.8 Å². The second-order valence-corrected chi connectivity index (χ2v) is 6.52. The van der Waals surface area contributed by atoms with E-state index in [1.54, 1.807) is 4.90 Å². The molecular formula is C17H30N4O5. The average molecular weight is 370 g/mol. The van der Waals surface area contributed by atoms with Gasteiger partial charge in [0.1, 0.15) is 0 Å². The lowest BCUT2D eigenvalue weighted by molar-refractivity contribution is -0.140. The van der Waals surface area contributed by atoms with Crippen molar-refractivity contribution in [2.24, 2.45) is 0 Å². The van der Waals surface area contributed by atoms with E-state index in [1.807, 2.05) is 4.90 Å². The Morgan fingerprint density at radius 2 is 1.62 bits per heavy atom. The number of morpholine rings is 1. The van der Waals surface area contributed by atoms with E-state index in [4.69, 9.17) is 4.74 Å². The summed E-state index contributed by atoms with van der Waals surface area (Å²) in [7, 11) is 1.37. The molecule has 2 aliphatic rings. The fraction of sp³-hybridized carbons (Fsp3) is 0.824. The van der Waals surface area contributed by atoms with Crippen molar-refractivity contribution in [3.05, 3.63) is 0 Å². The molecule has 2 fully saturated rings. The molecule has 3 amide bonds. The minimum absolute atomic E-state index is 0.108. The SMILES string of the molecule is COC(=O)CCCCNC(=O)N1CCN(C(=O)CN2CCOCC2)CC1. The lowest BCUT2D eigenvalue weighted by Crippen LogP contribution is -2.55. The first-order valence-corrected chi connectivity index (χ1v) is 9.27. The van der Waals surface area contributed by atoms with Crippen molar-refractivity contribution >= 4 is 17.9 Å². The van der Waals surface area contributed by atoms with E-state index in [0.29, 0.717) is 65.3 Å². The standard InChI is InChI=1S/C17H30N4O5/c1-25-16(23)4-2-3-5-18-17(24)21-8-6-20(7-9-21)15(22)14-19-10-12-26-13-11-19/h2-14H2,1H3,(H,18,24). The quantitative estimate of drug-likeness (QED) is 0.481. The molecular weight excluding hydrogens is 340 g/mol. The van der Waals surface area contributed by atoms with Crippen molar-refractivity contribution in [2.45, 2.75) is 19.3 Å². The van der Waals surface area contributed by atoms with Crippen LogP contribution in [-0.4, -0.2) is 105 Å². The molecule has 0 aromatic rings. The number of nitrogens with one attached hydrogen (secondary N) is 1. The molecule has 1 N–H and O–H groups in total. The van der Waals surface area contributed by atoms with Crippen molar-refractivity contribution in [1.29, 1.82) is 0 Å². The third-order valence-corrected chi connectivity index (χ3v) is 4.69. The first-order chi connectivity index (χ1) is 12.6. The summed E-state index contributed by atoms with van der Waals surface area (Å²) in [4.78, 5) is 41.2. The smallest absolute Gasteiger partial charge is 0.317 e. The molecule has 0 aromatic heterocycles. The topological polar surface area (TPSA) is 91.4 Å². The molecule has 0 radical (unpaired) electrons. The summed E-state index contributed by atoms with van der Waals surface area (Å²) < 4.78 is 9.87. The number of unbranched alkanes of at least 4 members (excludes halogenated alkanes) is 1. The number of carbonyl (C=O) groups excluding carboxylic acids is 3. The normalized spacial score (nSPS) is 18.5. The number of hydrogen-bond donors (Lipinski definition) is 1. The number of ether oxygens (including phenoxy) is 2. The number of carbonyl (C=O) groups is 3. The lowest BCUT2D eigenvalue weighted by Gasteiger charge is -2.36. The molecule has 0 unspecified atom stereocenters. The molecule has 26 heavy (non-hydrogen) atoms. The number of methoxy groups -OCH3 is 1. The van der Waals surface area contributed by atoms with E-state index in [0.717, 1.165) is 19.5 Å². The van der Waals surface area contributed by atoms with Gasteiger partial charge >= 0.3 is 12.0 Å². The van der Waals surface area contributed by atoms with E-state index < -0.39 is 0 Å². The monoisotopic (exact) mass is 370 g/mol. The lowest BCUT2D eigenvalue weighted by atomic mass is 10.2. The van der Waals surface area contributed by atoms with Crippen LogP contribution in [0.3, 0.4) is 0 Å². The molecule has 2 saturated heterocycles. The van der Waals surface area contributed by atoms with Gasteiger partial charge in [-0.3, -0.25) is 14.5 Å². The summed E-state index contributed by atoms with van der Waals surface area (Å²) in [5.41, 5.74) is 0. The van der Waals surface area contributed by atoms with E-state index in [2.05, 4.69) is 15.0 Å². The zero-order valence-electron chi connectivity index (χ0n) is 15.6. The second kappa shape index (κ2) is 11.0. The van der Waals surface area contributed by atoms with E-state index >= 15 is 0 Å². The minimum Gasteiger partial charge on any atom is -0.469 e. The molecule has 0 spiro atoms. The van der Waals surface area contributed by atoms with Gasteiger partial charge in [-0.1, -0.05) is 0 Å². The van der Waals surface area contributed by atoms with Crippen LogP contribution in [-0.2, 0) is 19.1 Å². The molecule has 2 rings (SSSR count). The highest BCUT2D eigenvalue weighted by Crippen LogP contribution is 2.05. The van der Waals surface area contributed by atoms with Crippen LogP contribution in [0.15, 0.2) is 0 Å². The summed E-state index contributed by atoms with van der Waals surface area (Å²) in [5.74, 6) is -0.107. The number of amides is 3. The number of esters is 1. The van der Waals surface area contributed by atoms with Gasteiger partial charge in [-0.25, -0.2) is 4.79 Å². The summed E-state index contributed by atoms with van der Waals surface area (Å²) >= 11 is 0. The van der Waals surface area contributed by atoms with Gasteiger partial charge in [-0.2, -0.15) is 0 Å². The minimum atomic E-state index is -0.228. The Morgan fingerprint density at radius 3 is 2.27 bits per heavy atom. The molecule has 0 aliphatic carbocycles. The van der Waals surface area contributed by atoms with Crippen molar-refractivity contribution in [3.63, 3.8) is 0 Å². The Morgan fingerprint density at radius 1 is 0.962 bits per heavy atom. The van der Waals surface area contributed by atoms with Gasteiger partial charge < -0.3 is 24.6 Å². The maximum absolute atomic E-state index is 12.4. The Labute approximate surface area is 154 Å². The maximum Gasteiger partial charge on any atom is 0.317 e. The van der Waals surface area contributed by atoms with Crippen LogP contribution < -0.4 is 5.32 Å². The zero-order valence-corrected chi connectivity index (χ0v) is 15.6. The van der Waals surface area contributed by atoms with Crippen LogP contribution in [0.1, 0.15) is 19.3 Å². The van der Waals surface area contributed by atoms with Gasteiger partial charge in [-0.15, -0.1) is 0 Å². The Bertz CT molecular complexity index is 474. The molecule has 2 aliphatic heterocycles. The number of nitrogens with zero attached hydrogens (tertiary/aromatic N) is 3. The Hall–Kier alpha value is -1.87. The number of rotatable bonds is 7. The number of piperazine rings is 1. The highest BCUT2D eigenvalue weighted by atomic mass is 16.5. The van der Waals surface area contributed by atoms with Crippen LogP contribution in [0.4, 0.5) is 4.79 Å². The molecule has 0 saturated carbocycles. The van der Waals surface area contributed by atoms with E-state index in [9.17, 15) is 14.4 Å². The summed E-state index contributed by atoms with van der Waals surface area (Å²) in [6, 6.07) is -0.108. The van der Waals surface area contributed by atoms with Crippen LogP contribution >= 0.6 is 0 Å². The zero-order chi connectivity index (χ0) is 18.8. The van der Waals surface area contributed by atoms with E-state index in [1.165, 1.54) is 7.11 Å². The van der Waals surface area contributed by atoms with Crippen molar-refractivity contribution in [2.75, 3.05) is 72.7 Å². The van der Waals surface area contributed by atoms with Gasteiger partial charge in [0, 0.05) is 52.2 Å².